The molecule has 2 nitrogen and oxygen atoms in total. The summed E-state index contributed by atoms with van der Waals surface area (Å²) in [5, 5.41) is 3.08. The third kappa shape index (κ3) is 2.46. The molecule has 1 aliphatic carbocycles. The molecule has 0 spiro atoms. The second kappa shape index (κ2) is 5.00. The SMILES string of the molecule is CCC(=O)NC1CCc2cccc(Br)c2C1. The first-order valence-corrected chi connectivity index (χ1v) is 6.55. The number of hydrogen-bond donors (Lipinski definition) is 1. The zero-order chi connectivity index (χ0) is 11.5. The van der Waals surface area contributed by atoms with E-state index in [4.69, 9.17) is 0 Å². The van der Waals surface area contributed by atoms with Crippen molar-refractivity contribution in [3.8, 4) is 0 Å². The molecule has 86 valence electrons. The second-order valence-corrected chi connectivity index (χ2v) is 5.09. The molecule has 0 saturated heterocycles. The molecular formula is C13H16BrNO. The maximum Gasteiger partial charge on any atom is 0.219 e. The summed E-state index contributed by atoms with van der Waals surface area (Å²) in [4.78, 5) is 11.4. The molecule has 0 aliphatic heterocycles. The Morgan fingerprint density at radius 2 is 2.38 bits per heavy atom. The van der Waals surface area contributed by atoms with E-state index in [1.54, 1.807) is 0 Å². The molecule has 1 N–H and O–H groups in total. The van der Waals surface area contributed by atoms with E-state index in [9.17, 15) is 4.79 Å². The number of carbonyl (C=O) groups excluding carboxylic acids is 1. The number of amides is 1. The molecule has 0 radical (unpaired) electrons. The van der Waals surface area contributed by atoms with Crippen molar-refractivity contribution in [2.75, 3.05) is 0 Å². The first-order valence-electron chi connectivity index (χ1n) is 5.76. The molecule has 2 rings (SSSR count). The highest BCUT2D eigenvalue weighted by atomic mass is 79.9. The van der Waals surface area contributed by atoms with Gasteiger partial charge in [0.2, 0.25) is 5.91 Å². The molecule has 0 saturated carbocycles. The predicted octanol–water partition coefficient (Wildman–Crippen LogP) is 2.83. The summed E-state index contributed by atoms with van der Waals surface area (Å²) in [6.07, 6.45) is 3.63. The van der Waals surface area contributed by atoms with Gasteiger partial charge in [-0.05, 0) is 36.5 Å². The molecule has 1 aromatic carbocycles. The van der Waals surface area contributed by atoms with E-state index >= 15 is 0 Å². The summed E-state index contributed by atoms with van der Waals surface area (Å²) in [6.45, 7) is 1.89. The summed E-state index contributed by atoms with van der Waals surface area (Å²) >= 11 is 3.58. The largest absolute Gasteiger partial charge is 0.353 e. The van der Waals surface area contributed by atoms with Gasteiger partial charge in [0.05, 0.1) is 0 Å². The third-order valence-corrected chi connectivity index (χ3v) is 3.86. The van der Waals surface area contributed by atoms with Crippen molar-refractivity contribution in [3.63, 3.8) is 0 Å². The van der Waals surface area contributed by atoms with Crippen molar-refractivity contribution in [1.82, 2.24) is 5.32 Å². The molecule has 0 aromatic heterocycles. The van der Waals surface area contributed by atoms with Crippen LogP contribution in [-0.4, -0.2) is 11.9 Å². The Kier molecular flexibility index (Phi) is 3.64. The first kappa shape index (κ1) is 11.6. The Labute approximate surface area is 105 Å². The number of aryl methyl sites for hydroxylation is 1. The van der Waals surface area contributed by atoms with Gasteiger partial charge in [-0.3, -0.25) is 4.79 Å². The Balaban J connectivity index is 2.11. The maximum absolute atomic E-state index is 11.4. The lowest BCUT2D eigenvalue weighted by molar-refractivity contribution is -0.121. The molecule has 1 aromatic rings. The Morgan fingerprint density at radius 3 is 3.12 bits per heavy atom. The Hall–Kier alpha value is -0.830. The van der Waals surface area contributed by atoms with Crippen LogP contribution in [-0.2, 0) is 17.6 Å². The van der Waals surface area contributed by atoms with Gasteiger partial charge < -0.3 is 5.32 Å². The number of carbonyl (C=O) groups is 1. The standard InChI is InChI=1S/C13H16BrNO/c1-2-13(16)15-10-7-6-9-4-3-5-12(14)11(9)8-10/h3-5,10H,2,6-8H2,1H3,(H,15,16). The van der Waals surface area contributed by atoms with E-state index in [0.29, 0.717) is 12.5 Å². The maximum atomic E-state index is 11.4. The normalized spacial score (nSPS) is 19.0. The molecule has 3 heteroatoms. The van der Waals surface area contributed by atoms with Crippen LogP contribution in [0.25, 0.3) is 0 Å². The number of nitrogens with one attached hydrogen (secondary N) is 1. The van der Waals surface area contributed by atoms with E-state index in [2.05, 4.69) is 39.4 Å². The molecule has 1 amide bonds. The van der Waals surface area contributed by atoms with Gasteiger partial charge >= 0.3 is 0 Å². The van der Waals surface area contributed by atoms with Gasteiger partial charge in [-0.15, -0.1) is 0 Å². The number of fused-ring (bicyclic) bond motifs is 1. The molecule has 0 heterocycles. The number of halogens is 1. The minimum atomic E-state index is 0.153. The fourth-order valence-electron chi connectivity index (χ4n) is 2.20. The fraction of sp³-hybridized carbons (Fsp3) is 0.462. The van der Waals surface area contributed by atoms with Gasteiger partial charge in [0.1, 0.15) is 0 Å². The monoisotopic (exact) mass is 281 g/mol. The van der Waals surface area contributed by atoms with E-state index in [1.807, 2.05) is 6.92 Å². The number of rotatable bonds is 2. The summed E-state index contributed by atoms with van der Waals surface area (Å²) < 4.78 is 1.17. The highest BCUT2D eigenvalue weighted by molar-refractivity contribution is 9.10. The van der Waals surface area contributed by atoms with Crippen LogP contribution in [0, 0.1) is 0 Å². The second-order valence-electron chi connectivity index (χ2n) is 4.24. The molecule has 1 atom stereocenters. The highest BCUT2D eigenvalue weighted by Gasteiger charge is 2.20. The zero-order valence-electron chi connectivity index (χ0n) is 9.42. The van der Waals surface area contributed by atoms with Crippen LogP contribution in [0.1, 0.15) is 30.9 Å². The van der Waals surface area contributed by atoms with Gasteiger partial charge in [0.15, 0.2) is 0 Å². The van der Waals surface area contributed by atoms with E-state index in [1.165, 1.54) is 15.6 Å². The van der Waals surface area contributed by atoms with Crippen LogP contribution in [0.4, 0.5) is 0 Å². The van der Waals surface area contributed by atoms with Crippen molar-refractivity contribution in [2.24, 2.45) is 0 Å². The predicted molar refractivity (Wildman–Crippen MR) is 68.4 cm³/mol. The molecule has 1 aliphatic rings. The summed E-state index contributed by atoms with van der Waals surface area (Å²) in [7, 11) is 0. The summed E-state index contributed by atoms with van der Waals surface area (Å²) in [6, 6.07) is 6.63. The lowest BCUT2D eigenvalue weighted by atomic mass is 9.88. The lowest BCUT2D eigenvalue weighted by Crippen LogP contribution is -2.38. The highest BCUT2D eigenvalue weighted by Crippen LogP contribution is 2.28. The van der Waals surface area contributed by atoms with Crippen LogP contribution >= 0.6 is 15.9 Å². The van der Waals surface area contributed by atoms with Gasteiger partial charge in [-0.1, -0.05) is 35.0 Å². The van der Waals surface area contributed by atoms with E-state index < -0.39 is 0 Å². The van der Waals surface area contributed by atoms with Crippen molar-refractivity contribution < 1.29 is 4.79 Å². The minimum Gasteiger partial charge on any atom is -0.353 e. The van der Waals surface area contributed by atoms with Crippen LogP contribution in [0.3, 0.4) is 0 Å². The Bertz CT molecular complexity index is 403. The van der Waals surface area contributed by atoms with Crippen molar-refractivity contribution in [2.45, 2.75) is 38.6 Å². The van der Waals surface area contributed by atoms with Crippen LogP contribution < -0.4 is 5.32 Å². The average Bonchev–Trinajstić information content (AvgIpc) is 2.30. The van der Waals surface area contributed by atoms with Gasteiger partial charge in [0.25, 0.3) is 0 Å². The van der Waals surface area contributed by atoms with Crippen LogP contribution in [0.15, 0.2) is 22.7 Å². The van der Waals surface area contributed by atoms with Gasteiger partial charge in [0, 0.05) is 16.9 Å². The smallest absolute Gasteiger partial charge is 0.219 e. The Morgan fingerprint density at radius 1 is 1.56 bits per heavy atom. The van der Waals surface area contributed by atoms with E-state index in [0.717, 1.165) is 19.3 Å². The van der Waals surface area contributed by atoms with Gasteiger partial charge in [-0.2, -0.15) is 0 Å². The topological polar surface area (TPSA) is 29.1 Å². The molecule has 16 heavy (non-hydrogen) atoms. The number of hydrogen-bond acceptors (Lipinski definition) is 1. The van der Waals surface area contributed by atoms with Crippen molar-refractivity contribution in [3.05, 3.63) is 33.8 Å². The minimum absolute atomic E-state index is 0.153. The quantitative estimate of drug-likeness (QED) is 0.888. The number of benzene rings is 1. The molecule has 1 unspecified atom stereocenters. The van der Waals surface area contributed by atoms with Crippen molar-refractivity contribution >= 4 is 21.8 Å². The van der Waals surface area contributed by atoms with Gasteiger partial charge in [-0.25, -0.2) is 0 Å². The first-order chi connectivity index (χ1) is 7.70. The van der Waals surface area contributed by atoms with Crippen molar-refractivity contribution in [1.29, 1.82) is 0 Å². The lowest BCUT2D eigenvalue weighted by Gasteiger charge is -2.26. The third-order valence-electron chi connectivity index (χ3n) is 3.11. The van der Waals surface area contributed by atoms with Crippen LogP contribution in [0.5, 0.6) is 0 Å². The zero-order valence-corrected chi connectivity index (χ0v) is 11.0. The summed E-state index contributed by atoms with van der Waals surface area (Å²) in [5.41, 5.74) is 2.77. The average molecular weight is 282 g/mol. The molecular weight excluding hydrogens is 266 g/mol. The fourth-order valence-corrected chi connectivity index (χ4v) is 2.77. The molecule has 0 fully saturated rings. The van der Waals surface area contributed by atoms with Crippen LogP contribution in [0.2, 0.25) is 0 Å². The summed E-state index contributed by atoms with van der Waals surface area (Å²) in [5.74, 6) is 0.153. The molecule has 0 bridgehead atoms. The van der Waals surface area contributed by atoms with E-state index in [-0.39, 0.29) is 5.91 Å².